The zero-order valence-corrected chi connectivity index (χ0v) is 13.0. The topological polar surface area (TPSA) is 29.5 Å². The number of likely N-dealkylation sites (N-methyl/N-ethyl adjacent to an activating group) is 1. The van der Waals surface area contributed by atoms with Gasteiger partial charge in [-0.25, -0.2) is 0 Å². The fraction of sp³-hybridized carbons (Fsp3) is 0.500. The molecule has 114 valence electrons. The van der Waals surface area contributed by atoms with Crippen molar-refractivity contribution in [2.45, 2.75) is 26.7 Å². The molecule has 1 atom stereocenters. The first-order chi connectivity index (χ1) is 10.2. The number of hydrogen-bond acceptors (Lipinski definition) is 2. The molecule has 0 radical (unpaired) electrons. The number of carbonyl (C=O) groups excluding carboxylic acids is 1. The largest absolute Gasteiger partial charge is 0.381 e. The summed E-state index contributed by atoms with van der Waals surface area (Å²) >= 11 is 0. The molecule has 1 aromatic carbocycles. The van der Waals surface area contributed by atoms with Crippen LogP contribution in [0.2, 0.25) is 0 Å². The highest BCUT2D eigenvalue weighted by atomic mass is 16.5. The molecule has 0 aliphatic carbocycles. The van der Waals surface area contributed by atoms with Gasteiger partial charge in [0.1, 0.15) is 0 Å². The monoisotopic (exact) mass is 287 g/mol. The van der Waals surface area contributed by atoms with E-state index in [2.05, 4.69) is 19.1 Å². The maximum atomic E-state index is 12.5. The molecule has 0 N–H and O–H groups in total. The molecular weight excluding hydrogens is 262 g/mol. The van der Waals surface area contributed by atoms with Gasteiger partial charge in [-0.15, -0.1) is 0 Å². The summed E-state index contributed by atoms with van der Waals surface area (Å²) in [6, 6.07) is 10.1. The molecular formula is C18H25NO2. The Morgan fingerprint density at radius 1 is 1.33 bits per heavy atom. The van der Waals surface area contributed by atoms with Gasteiger partial charge in [-0.2, -0.15) is 0 Å². The van der Waals surface area contributed by atoms with Crippen LogP contribution in [-0.2, 0) is 9.53 Å². The highest BCUT2D eigenvalue weighted by Crippen LogP contribution is 2.19. The molecule has 1 fully saturated rings. The normalized spacial score (nSPS) is 18.8. The molecule has 1 unspecified atom stereocenters. The lowest BCUT2D eigenvalue weighted by molar-refractivity contribution is -0.126. The second-order valence-electron chi connectivity index (χ2n) is 5.50. The van der Waals surface area contributed by atoms with Crippen LogP contribution in [-0.4, -0.2) is 37.1 Å². The molecule has 1 saturated heterocycles. The van der Waals surface area contributed by atoms with Crippen LogP contribution in [0, 0.1) is 5.92 Å². The van der Waals surface area contributed by atoms with E-state index in [1.54, 1.807) is 6.08 Å². The Labute approximate surface area is 127 Å². The van der Waals surface area contributed by atoms with E-state index in [9.17, 15) is 4.79 Å². The minimum Gasteiger partial charge on any atom is -0.381 e. The zero-order valence-electron chi connectivity index (χ0n) is 13.0. The van der Waals surface area contributed by atoms with Crippen molar-refractivity contribution in [3.05, 3.63) is 42.0 Å². The third-order valence-electron chi connectivity index (χ3n) is 4.02. The Bertz CT molecular complexity index is 475. The second kappa shape index (κ2) is 7.99. The third kappa shape index (κ3) is 4.43. The lowest BCUT2D eigenvalue weighted by Gasteiger charge is -2.23. The molecule has 3 heteroatoms. The van der Waals surface area contributed by atoms with E-state index >= 15 is 0 Å². The fourth-order valence-electron chi connectivity index (χ4n) is 2.70. The van der Waals surface area contributed by atoms with Crippen molar-refractivity contribution in [1.29, 1.82) is 0 Å². The van der Waals surface area contributed by atoms with Crippen LogP contribution in [0.15, 0.2) is 36.4 Å². The third-order valence-corrected chi connectivity index (χ3v) is 4.02. The Kier molecular flexibility index (Phi) is 6.00. The minimum absolute atomic E-state index is 0.116. The highest BCUT2D eigenvalue weighted by molar-refractivity contribution is 5.95. The van der Waals surface area contributed by atoms with Gasteiger partial charge < -0.3 is 9.64 Å². The number of amides is 1. The van der Waals surface area contributed by atoms with Gasteiger partial charge >= 0.3 is 0 Å². The smallest absolute Gasteiger partial charge is 0.246 e. The summed E-state index contributed by atoms with van der Waals surface area (Å²) in [5, 5.41) is 0. The second-order valence-corrected chi connectivity index (χ2v) is 5.50. The average Bonchev–Trinajstić information content (AvgIpc) is 3.04. The first kappa shape index (κ1) is 15.8. The number of ether oxygens (including phenoxy) is 1. The number of rotatable bonds is 6. The maximum absolute atomic E-state index is 12.5. The van der Waals surface area contributed by atoms with Crippen LogP contribution in [0.3, 0.4) is 0 Å². The summed E-state index contributed by atoms with van der Waals surface area (Å²) in [4.78, 5) is 14.4. The van der Waals surface area contributed by atoms with Crippen molar-refractivity contribution in [3.63, 3.8) is 0 Å². The molecule has 1 aliphatic rings. The first-order valence-electron chi connectivity index (χ1n) is 7.87. The van der Waals surface area contributed by atoms with Crippen LogP contribution in [0.25, 0.3) is 5.57 Å². The van der Waals surface area contributed by atoms with Crippen molar-refractivity contribution >= 4 is 11.5 Å². The van der Waals surface area contributed by atoms with Gasteiger partial charge in [0, 0.05) is 31.7 Å². The number of carbonyl (C=O) groups is 1. The van der Waals surface area contributed by atoms with Crippen LogP contribution < -0.4 is 0 Å². The van der Waals surface area contributed by atoms with Crippen LogP contribution >= 0.6 is 0 Å². The van der Waals surface area contributed by atoms with E-state index in [4.69, 9.17) is 4.74 Å². The summed E-state index contributed by atoms with van der Waals surface area (Å²) in [5.41, 5.74) is 2.23. The number of benzene rings is 1. The van der Waals surface area contributed by atoms with Gasteiger partial charge in [0.25, 0.3) is 0 Å². The van der Waals surface area contributed by atoms with Crippen LogP contribution in [0.4, 0.5) is 0 Å². The van der Waals surface area contributed by atoms with Crippen molar-refractivity contribution in [2.75, 3.05) is 26.3 Å². The Hall–Kier alpha value is -1.61. The van der Waals surface area contributed by atoms with Crippen molar-refractivity contribution in [1.82, 2.24) is 4.90 Å². The van der Waals surface area contributed by atoms with Crippen molar-refractivity contribution < 1.29 is 9.53 Å². The highest BCUT2D eigenvalue weighted by Gasteiger charge is 2.20. The van der Waals surface area contributed by atoms with E-state index < -0.39 is 0 Å². The molecule has 1 amide bonds. The summed E-state index contributed by atoms with van der Waals surface area (Å²) in [6.45, 7) is 7.29. The van der Waals surface area contributed by atoms with Crippen LogP contribution in [0.1, 0.15) is 32.3 Å². The first-order valence-corrected chi connectivity index (χ1v) is 7.87. The van der Waals surface area contributed by atoms with Gasteiger partial charge in [0.05, 0.1) is 6.61 Å². The van der Waals surface area contributed by atoms with Gasteiger partial charge in [-0.05, 0) is 30.9 Å². The van der Waals surface area contributed by atoms with E-state index in [-0.39, 0.29) is 5.91 Å². The van der Waals surface area contributed by atoms with E-state index in [1.165, 1.54) is 0 Å². The molecule has 2 rings (SSSR count). The molecule has 1 aliphatic heterocycles. The molecule has 0 spiro atoms. The van der Waals surface area contributed by atoms with E-state index in [1.807, 2.05) is 30.0 Å². The molecule has 0 aromatic heterocycles. The zero-order chi connectivity index (χ0) is 15.1. The molecule has 0 saturated carbocycles. The Morgan fingerprint density at radius 3 is 2.67 bits per heavy atom. The summed E-state index contributed by atoms with van der Waals surface area (Å²) in [5.74, 6) is 0.606. The number of nitrogens with zero attached hydrogens (tertiary/aromatic N) is 1. The maximum Gasteiger partial charge on any atom is 0.246 e. The van der Waals surface area contributed by atoms with Crippen molar-refractivity contribution in [2.24, 2.45) is 5.92 Å². The standard InChI is InChI=1S/C18H25NO2/c1-3-16(17-8-6-5-7-9-17)12-18(20)19(4-2)13-15-10-11-21-14-15/h5-9,12,15H,3-4,10-11,13-14H2,1-2H3/b16-12+. The molecule has 3 nitrogen and oxygen atoms in total. The molecule has 1 aromatic rings. The lowest BCUT2D eigenvalue weighted by Crippen LogP contribution is -2.34. The van der Waals surface area contributed by atoms with E-state index in [0.29, 0.717) is 5.92 Å². The number of hydrogen-bond donors (Lipinski definition) is 0. The predicted molar refractivity (Wildman–Crippen MR) is 85.9 cm³/mol. The Balaban J connectivity index is 2.06. The predicted octanol–water partition coefficient (Wildman–Crippen LogP) is 3.37. The minimum atomic E-state index is 0.116. The van der Waals surface area contributed by atoms with Gasteiger partial charge in [0.2, 0.25) is 5.91 Å². The van der Waals surface area contributed by atoms with Gasteiger partial charge in [0.15, 0.2) is 0 Å². The molecule has 1 heterocycles. The molecule has 21 heavy (non-hydrogen) atoms. The number of allylic oxidation sites excluding steroid dienone is 1. The van der Waals surface area contributed by atoms with Crippen molar-refractivity contribution in [3.8, 4) is 0 Å². The Morgan fingerprint density at radius 2 is 2.10 bits per heavy atom. The summed E-state index contributed by atoms with van der Waals surface area (Å²) in [7, 11) is 0. The van der Waals surface area contributed by atoms with Gasteiger partial charge in [-0.3, -0.25) is 4.79 Å². The molecule has 0 bridgehead atoms. The summed E-state index contributed by atoms with van der Waals surface area (Å²) in [6.07, 6.45) is 3.72. The van der Waals surface area contributed by atoms with Crippen LogP contribution in [0.5, 0.6) is 0 Å². The fourth-order valence-corrected chi connectivity index (χ4v) is 2.70. The SMILES string of the molecule is CC/C(=C\C(=O)N(CC)CC1CCOC1)c1ccccc1. The quantitative estimate of drug-likeness (QED) is 0.751. The van der Waals surface area contributed by atoms with E-state index in [0.717, 1.165) is 50.3 Å². The lowest BCUT2D eigenvalue weighted by atomic mass is 10.0. The van der Waals surface area contributed by atoms with Gasteiger partial charge in [-0.1, -0.05) is 37.3 Å². The summed E-state index contributed by atoms with van der Waals surface area (Å²) < 4.78 is 5.40. The average molecular weight is 287 g/mol.